The number of carbonyl (C=O) groups is 1. The van der Waals surface area contributed by atoms with Gasteiger partial charge in [0.25, 0.3) is 0 Å². The molecule has 160 valence electrons. The van der Waals surface area contributed by atoms with Crippen LogP contribution < -0.4 is 5.14 Å². The summed E-state index contributed by atoms with van der Waals surface area (Å²) >= 11 is 1.16. The van der Waals surface area contributed by atoms with Crippen molar-refractivity contribution < 1.29 is 18.3 Å². The van der Waals surface area contributed by atoms with Crippen LogP contribution in [0.4, 0.5) is 0 Å². The maximum Gasteiger partial charge on any atom is 0.247 e. The van der Waals surface area contributed by atoms with Crippen LogP contribution in [0.2, 0.25) is 0 Å². The molecule has 30 heavy (non-hydrogen) atoms. The fourth-order valence-electron chi connectivity index (χ4n) is 6.82. The fourth-order valence-corrected chi connectivity index (χ4v) is 8.69. The summed E-state index contributed by atoms with van der Waals surface area (Å²) < 4.78 is 24.2. The number of benzene rings is 1. The Balaban J connectivity index is 1.51. The number of phenolic OH excluding ortho intramolecular Hbond substituents is 1. The Morgan fingerprint density at radius 1 is 1.27 bits per heavy atom. The smallest absolute Gasteiger partial charge is 0.247 e. The second-order valence-electron chi connectivity index (χ2n) is 9.54. The van der Waals surface area contributed by atoms with Crippen molar-refractivity contribution in [3.05, 3.63) is 46.3 Å². The van der Waals surface area contributed by atoms with Crippen molar-refractivity contribution in [2.45, 2.75) is 55.6 Å². The van der Waals surface area contributed by atoms with E-state index in [-0.39, 0.29) is 21.5 Å². The lowest BCUT2D eigenvalue weighted by Crippen LogP contribution is -2.44. The molecule has 1 aromatic heterocycles. The first-order valence-corrected chi connectivity index (χ1v) is 13.1. The second-order valence-corrected chi connectivity index (χ2v) is 12.2. The van der Waals surface area contributed by atoms with Gasteiger partial charge in [-0.2, -0.15) is 0 Å². The predicted octanol–water partition coefficient (Wildman–Crippen LogP) is 4.00. The minimum absolute atomic E-state index is 0.143. The van der Waals surface area contributed by atoms with Crippen LogP contribution in [-0.2, 0) is 27.7 Å². The molecule has 3 aliphatic carbocycles. The van der Waals surface area contributed by atoms with Gasteiger partial charge in [0.05, 0.1) is 0 Å². The number of aromatic hydroxyl groups is 1. The Bertz CT molecular complexity index is 1120. The van der Waals surface area contributed by atoms with Crippen LogP contribution in [0.15, 0.2) is 33.9 Å². The quantitative estimate of drug-likeness (QED) is 0.746. The number of sulfonamides is 1. The van der Waals surface area contributed by atoms with E-state index in [0.717, 1.165) is 42.6 Å². The SMILES string of the molecule is C[C@]12CC[C@@H]3c4ccc(O)cc4CC[C@H]3[C@@H]1[C@@H](Cc1ccsc1S(N)(=O)=O)CC2=O. The maximum absolute atomic E-state index is 13.1. The van der Waals surface area contributed by atoms with Crippen molar-refractivity contribution in [2.24, 2.45) is 28.3 Å². The standard InChI is InChI=1S/C23H27NO4S2/c1-23-8-6-18-17-5-3-16(25)11-13(17)2-4-19(18)21(23)15(12-20(23)26)10-14-7-9-29-22(14)30(24,27)28/h3,5,7,9,11,15,18-19,21,25H,2,4,6,8,10,12H2,1H3,(H2,24,27,28)/t15-,18+,19+,21-,23+/m0/s1. The first kappa shape index (κ1) is 20.2. The summed E-state index contributed by atoms with van der Waals surface area (Å²) in [6, 6.07) is 7.58. The Kier molecular flexibility index (Phi) is 4.65. The predicted molar refractivity (Wildman–Crippen MR) is 116 cm³/mol. The molecular weight excluding hydrogens is 418 g/mol. The summed E-state index contributed by atoms with van der Waals surface area (Å²) in [6.45, 7) is 2.14. The highest BCUT2D eigenvalue weighted by Crippen LogP contribution is 2.62. The average molecular weight is 446 g/mol. The third-order valence-corrected chi connectivity index (χ3v) is 10.5. The zero-order valence-electron chi connectivity index (χ0n) is 17.0. The van der Waals surface area contributed by atoms with Crippen LogP contribution in [0.1, 0.15) is 55.2 Å². The lowest BCUT2D eigenvalue weighted by molar-refractivity contribution is -0.129. The van der Waals surface area contributed by atoms with Crippen LogP contribution >= 0.6 is 11.3 Å². The van der Waals surface area contributed by atoms with Gasteiger partial charge < -0.3 is 5.11 Å². The minimum atomic E-state index is -3.75. The topological polar surface area (TPSA) is 97.5 Å². The number of phenols is 1. The number of Topliss-reactive ketones (excluding diaryl/α,β-unsaturated/α-hetero) is 1. The van der Waals surface area contributed by atoms with E-state index in [4.69, 9.17) is 5.14 Å². The summed E-state index contributed by atoms with van der Waals surface area (Å²) in [5.74, 6) is 1.85. The highest BCUT2D eigenvalue weighted by Gasteiger charge is 2.58. The molecule has 5 nitrogen and oxygen atoms in total. The lowest BCUT2D eigenvalue weighted by Gasteiger charge is -2.50. The Morgan fingerprint density at radius 2 is 2.07 bits per heavy atom. The van der Waals surface area contributed by atoms with E-state index in [1.807, 2.05) is 12.1 Å². The van der Waals surface area contributed by atoms with Gasteiger partial charge in [-0.05, 0) is 96.0 Å². The van der Waals surface area contributed by atoms with Gasteiger partial charge >= 0.3 is 0 Å². The maximum atomic E-state index is 13.1. The van der Waals surface area contributed by atoms with Gasteiger partial charge in [-0.15, -0.1) is 11.3 Å². The van der Waals surface area contributed by atoms with Crippen molar-refractivity contribution >= 4 is 27.1 Å². The molecule has 2 aromatic rings. The van der Waals surface area contributed by atoms with Gasteiger partial charge in [-0.1, -0.05) is 13.0 Å². The normalized spacial score (nSPS) is 33.1. The minimum Gasteiger partial charge on any atom is -0.508 e. The van der Waals surface area contributed by atoms with E-state index in [1.54, 1.807) is 11.4 Å². The molecule has 0 saturated heterocycles. The van der Waals surface area contributed by atoms with Crippen molar-refractivity contribution in [3.63, 3.8) is 0 Å². The number of primary sulfonamides is 1. The number of hydrogen-bond donors (Lipinski definition) is 2. The van der Waals surface area contributed by atoms with E-state index < -0.39 is 10.0 Å². The highest BCUT2D eigenvalue weighted by molar-refractivity contribution is 7.91. The molecule has 2 fully saturated rings. The van der Waals surface area contributed by atoms with E-state index in [2.05, 4.69) is 13.0 Å². The van der Waals surface area contributed by atoms with Gasteiger partial charge in [0.1, 0.15) is 15.7 Å². The molecule has 0 unspecified atom stereocenters. The molecule has 1 heterocycles. The van der Waals surface area contributed by atoms with Crippen molar-refractivity contribution in [1.29, 1.82) is 0 Å². The summed E-state index contributed by atoms with van der Waals surface area (Å²) in [5, 5.41) is 17.1. The molecule has 5 atom stereocenters. The summed E-state index contributed by atoms with van der Waals surface area (Å²) in [4.78, 5) is 13.1. The van der Waals surface area contributed by atoms with Gasteiger partial charge in [0.15, 0.2) is 0 Å². The summed E-state index contributed by atoms with van der Waals surface area (Å²) in [6.07, 6.45) is 4.91. The summed E-state index contributed by atoms with van der Waals surface area (Å²) in [5.41, 5.74) is 2.99. The molecule has 0 radical (unpaired) electrons. The molecule has 3 aliphatic rings. The molecular formula is C23H27NO4S2. The molecule has 0 spiro atoms. The zero-order chi connectivity index (χ0) is 21.3. The molecule has 0 amide bonds. The first-order chi connectivity index (χ1) is 14.2. The molecule has 0 bridgehead atoms. The van der Waals surface area contributed by atoms with E-state index in [1.165, 1.54) is 11.1 Å². The van der Waals surface area contributed by atoms with Crippen LogP contribution in [0, 0.1) is 23.2 Å². The van der Waals surface area contributed by atoms with Crippen molar-refractivity contribution in [3.8, 4) is 5.75 Å². The van der Waals surface area contributed by atoms with E-state index in [0.29, 0.717) is 36.2 Å². The zero-order valence-corrected chi connectivity index (χ0v) is 18.6. The molecule has 3 N–H and O–H groups in total. The Labute approximate surface area is 181 Å². The van der Waals surface area contributed by atoms with Gasteiger partial charge in [-0.3, -0.25) is 4.79 Å². The first-order valence-electron chi connectivity index (χ1n) is 10.6. The number of aryl methyl sites for hydroxylation is 1. The number of hydrogen-bond acceptors (Lipinski definition) is 5. The van der Waals surface area contributed by atoms with Crippen molar-refractivity contribution in [1.82, 2.24) is 0 Å². The second kappa shape index (κ2) is 6.90. The Hall–Kier alpha value is -1.70. The number of rotatable bonds is 3. The highest BCUT2D eigenvalue weighted by atomic mass is 32.2. The van der Waals surface area contributed by atoms with Crippen LogP contribution in [0.5, 0.6) is 5.75 Å². The number of fused-ring (bicyclic) bond motifs is 5. The van der Waals surface area contributed by atoms with Crippen LogP contribution in [0.25, 0.3) is 0 Å². The molecule has 2 saturated carbocycles. The van der Waals surface area contributed by atoms with Crippen LogP contribution in [-0.4, -0.2) is 19.3 Å². The fraction of sp³-hybridized carbons (Fsp3) is 0.522. The molecule has 7 heteroatoms. The van der Waals surface area contributed by atoms with Gasteiger partial charge in [0, 0.05) is 11.8 Å². The van der Waals surface area contributed by atoms with E-state index >= 15 is 0 Å². The number of ketones is 1. The summed E-state index contributed by atoms with van der Waals surface area (Å²) in [7, 11) is -3.75. The van der Waals surface area contributed by atoms with Crippen LogP contribution in [0.3, 0.4) is 0 Å². The largest absolute Gasteiger partial charge is 0.508 e. The average Bonchev–Trinajstić information content (AvgIpc) is 3.24. The third-order valence-electron chi connectivity index (χ3n) is 8.00. The number of thiophene rings is 1. The molecule has 1 aromatic carbocycles. The van der Waals surface area contributed by atoms with Crippen molar-refractivity contribution in [2.75, 3.05) is 0 Å². The molecule has 5 rings (SSSR count). The van der Waals surface area contributed by atoms with Gasteiger partial charge in [-0.25, -0.2) is 13.6 Å². The lowest BCUT2D eigenvalue weighted by atomic mass is 9.54. The molecule has 0 aliphatic heterocycles. The Morgan fingerprint density at radius 3 is 2.83 bits per heavy atom. The number of carbonyl (C=O) groups excluding carboxylic acids is 1. The van der Waals surface area contributed by atoms with Gasteiger partial charge in [0.2, 0.25) is 10.0 Å². The number of nitrogens with two attached hydrogens (primary N) is 1. The third kappa shape index (κ3) is 3.05. The monoisotopic (exact) mass is 445 g/mol. The van der Waals surface area contributed by atoms with E-state index in [9.17, 15) is 18.3 Å².